The van der Waals surface area contributed by atoms with E-state index >= 15 is 0 Å². The summed E-state index contributed by atoms with van der Waals surface area (Å²) in [6.07, 6.45) is -2.63. The standard InChI is InChI=1S/C5H9NO2.C2HF3O2/c1-4(6)2-3-5(7)8;3-2(4,5)1(6)7/h2-4H,6H2,1H3,(H,7,8);(H,6,7)/b3-2+;/t4-;/m1./s1. The van der Waals surface area contributed by atoms with Crippen LogP contribution in [0.15, 0.2) is 12.2 Å². The van der Waals surface area contributed by atoms with Crippen LogP contribution in [0.3, 0.4) is 0 Å². The van der Waals surface area contributed by atoms with Gasteiger partial charge < -0.3 is 15.9 Å². The number of carboxylic acid groups (broad SMARTS) is 2. The van der Waals surface area contributed by atoms with Crippen LogP contribution in [0.2, 0.25) is 0 Å². The number of hydrogen-bond donors (Lipinski definition) is 3. The summed E-state index contributed by atoms with van der Waals surface area (Å²) < 4.78 is 31.7. The van der Waals surface area contributed by atoms with Crippen molar-refractivity contribution in [3.8, 4) is 0 Å². The quantitative estimate of drug-likeness (QED) is 0.602. The van der Waals surface area contributed by atoms with Crippen molar-refractivity contribution in [2.24, 2.45) is 5.73 Å². The molecule has 0 aliphatic carbocycles. The van der Waals surface area contributed by atoms with E-state index in [2.05, 4.69) is 0 Å². The van der Waals surface area contributed by atoms with Crippen LogP contribution in [-0.2, 0) is 9.59 Å². The maximum atomic E-state index is 10.6. The normalized spacial score (nSPS) is 12.9. The smallest absolute Gasteiger partial charge is 0.478 e. The number of hydrogen-bond acceptors (Lipinski definition) is 3. The van der Waals surface area contributed by atoms with E-state index in [9.17, 15) is 18.0 Å². The SMILES string of the molecule is C[C@@H](N)/C=C/C(=O)O.O=C(O)C(F)(F)F. The average molecular weight is 229 g/mol. The second-order valence-corrected chi connectivity index (χ2v) is 2.36. The number of carboxylic acids is 2. The molecule has 0 aliphatic heterocycles. The Kier molecular flexibility index (Phi) is 7.22. The third-order valence-corrected chi connectivity index (χ3v) is 0.785. The van der Waals surface area contributed by atoms with Gasteiger partial charge in [0.25, 0.3) is 0 Å². The Bertz CT molecular complexity index is 247. The minimum absolute atomic E-state index is 0.175. The Morgan fingerprint density at radius 3 is 1.73 bits per heavy atom. The molecule has 4 N–H and O–H groups in total. The summed E-state index contributed by atoms with van der Waals surface area (Å²) >= 11 is 0. The molecule has 0 bridgehead atoms. The highest BCUT2D eigenvalue weighted by atomic mass is 19.4. The number of aliphatic carboxylic acids is 2. The lowest BCUT2D eigenvalue weighted by molar-refractivity contribution is -0.192. The fourth-order valence-electron chi connectivity index (χ4n) is 0.234. The van der Waals surface area contributed by atoms with Gasteiger partial charge in [-0.2, -0.15) is 13.2 Å². The second-order valence-electron chi connectivity index (χ2n) is 2.36. The van der Waals surface area contributed by atoms with E-state index in [1.807, 2.05) is 0 Å². The molecular weight excluding hydrogens is 219 g/mol. The van der Waals surface area contributed by atoms with Crippen molar-refractivity contribution < 1.29 is 33.0 Å². The van der Waals surface area contributed by atoms with Crippen LogP contribution < -0.4 is 5.73 Å². The van der Waals surface area contributed by atoms with Crippen LogP contribution in [-0.4, -0.2) is 34.4 Å². The van der Waals surface area contributed by atoms with Gasteiger partial charge in [0.1, 0.15) is 0 Å². The molecule has 0 amide bonds. The fourth-order valence-corrected chi connectivity index (χ4v) is 0.234. The summed E-state index contributed by atoms with van der Waals surface area (Å²) in [7, 11) is 0. The van der Waals surface area contributed by atoms with E-state index in [0.717, 1.165) is 6.08 Å². The van der Waals surface area contributed by atoms with Gasteiger partial charge in [0, 0.05) is 12.1 Å². The van der Waals surface area contributed by atoms with E-state index < -0.39 is 18.1 Å². The van der Waals surface area contributed by atoms with Gasteiger partial charge in [0.15, 0.2) is 0 Å². The van der Waals surface area contributed by atoms with Gasteiger partial charge >= 0.3 is 18.1 Å². The zero-order valence-electron chi connectivity index (χ0n) is 7.65. The van der Waals surface area contributed by atoms with E-state index in [1.165, 1.54) is 6.08 Å². The van der Waals surface area contributed by atoms with Crippen molar-refractivity contribution in [3.05, 3.63) is 12.2 Å². The minimum atomic E-state index is -5.08. The number of halogens is 3. The second kappa shape index (κ2) is 6.82. The van der Waals surface area contributed by atoms with Gasteiger partial charge in [0.2, 0.25) is 0 Å². The lowest BCUT2D eigenvalue weighted by Crippen LogP contribution is -2.21. The highest BCUT2D eigenvalue weighted by Gasteiger charge is 2.38. The van der Waals surface area contributed by atoms with Crippen molar-refractivity contribution in [1.29, 1.82) is 0 Å². The molecule has 0 aliphatic rings. The summed E-state index contributed by atoms with van der Waals surface area (Å²) in [5.41, 5.74) is 5.19. The highest BCUT2D eigenvalue weighted by molar-refractivity contribution is 5.79. The summed E-state index contributed by atoms with van der Waals surface area (Å²) in [5.74, 6) is -3.71. The van der Waals surface area contributed by atoms with Gasteiger partial charge in [-0.3, -0.25) is 0 Å². The third kappa shape index (κ3) is 15.2. The van der Waals surface area contributed by atoms with Crippen LogP contribution in [0, 0.1) is 0 Å². The fraction of sp³-hybridized carbons (Fsp3) is 0.429. The molecule has 0 aromatic rings. The van der Waals surface area contributed by atoms with Crippen molar-refractivity contribution in [2.75, 3.05) is 0 Å². The Morgan fingerprint density at radius 2 is 1.67 bits per heavy atom. The lowest BCUT2D eigenvalue weighted by atomic mass is 10.3. The van der Waals surface area contributed by atoms with Crippen LogP contribution in [0.4, 0.5) is 13.2 Å². The lowest BCUT2D eigenvalue weighted by Gasteiger charge is -1.93. The van der Waals surface area contributed by atoms with Gasteiger partial charge in [-0.05, 0) is 6.92 Å². The van der Waals surface area contributed by atoms with Gasteiger partial charge in [-0.1, -0.05) is 6.08 Å². The predicted octanol–water partition coefficient (Wildman–Crippen LogP) is 0.608. The topological polar surface area (TPSA) is 101 Å². The molecule has 0 radical (unpaired) electrons. The van der Waals surface area contributed by atoms with Crippen molar-refractivity contribution >= 4 is 11.9 Å². The molecule has 0 saturated heterocycles. The van der Waals surface area contributed by atoms with E-state index in [-0.39, 0.29) is 6.04 Å². The molecule has 15 heavy (non-hydrogen) atoms. The van der Waals surface area contributed by atoms with Gasteiger partial charge in [0.05, 0.1) is 0 Å². The molecular formula is C7H10F3NO4. The third-order valence-electron chi connectivity index (χ3n) is 0.785. The van der Waals surface area contributed by atoms with Crippen LogP contribution >= 0.6 is 0 Å². The molecule has 0 unspecified atom stereocenters. The van der Waals surface area contributed by atoms with E-state index in [1.54, 1.807) is 6.92 Å². The molecule has 1 atom stereocenters. The summed E-state index contributed by atoms with van der Waals surface area (Å²) in [6, 6.07) is -0.175. The number of nitrogens with two attached hydrogens (primary N) is 1. The first-order valence-electron chi connectivity index (χ1n) is 3.54. The Morgan fingerprint density at radius 1 is 1.33 bits per heavy atom. The molecule has 0 spiro atoms. The van der Waals surface area contributed by atoms with Gasteiger partial charge in [-0.15, -0.1) is 0 Å². The zero-order valence-corrected chi connectivity index (χ0v) is 7.65. The monoisotopic (exact) mass is 229 g/mol. The summed E-state index contributed by atoms with van der Waals surface area (Å²) in [4.78, 5) is 18.7. The first-order valence-corrected chi connectivity index (χ1v) is 3.54. The largest absolute Gasteiger partial charge is 0.490 e. The average Bonchev–Trinajstić information content (AvgIpc) is 2.00. The molecule has 0 saturated carbocycles. The Labute approximate surface area is 83.0 Å². The highest BCUT2D eigenvalue weighted by Crippen LogP contribution is 2.13. The van der Waals surface area contributed by atoms with Crippen LogP contribution in [0.25, 0.3) is 0 Å². The molecule has 0 aromatic heterocycles. The first-order chi connectivity index (χ1) is 6.57. The molecule has 8 heteroatoms. The number of alkyl halides is 3. The first kappa shape index (κ1) is 15.9. The zero-order chi connectivity index (χ0) is 12.6. The maximum Gasteiger partial charge on any atom is 0.490 e. The summed E-state index contributed by atoms with van der Waals surface area (Å²) in [6.45, 7) is 1.71. The molecule has 88 valence electrons. The number of rotatable bonds is 2. The molecule has 0 aromatic carbocycles. The molecule has 0 fully saturated rings. The van der Waals surface area contributed by atoms with Gasteiger partial charge in [-0.25, -0.2) is 9.59 Å². The van der Waals surface area contributed by atoms with Crippen molar-refractivity contribution in [3.63, 3.8) is 0 Å². The summed E-state index contributed by atoms with van der Waals surface area (Å²) in [5, 5.41) is 15.1. The predicted molar refractivity (Wildman–Crippen MR) is 44.1 cm³/mol. The number of carbonyl (C=O) groups is 2. The van der Waals surface area contributed by atoms with Crippen molar-refractivity contribution in [1.82, 2.24) is 0 Å². The van der Waals surface area contributed by atoms with Crippen LogP contribution in [0.1, 0.15) is 6.92 Å². The van der Waals surface area contributed by atoms with Crippen LogP contribution in [0.5, 0.6) is 0 Å². The molecule has 0 heterocycles. The molecule has 0 rings (SSSR count). The van der Waals surface area contributed by atoms with Crippen molar-refractivity contribution in [2.45, 2.75) is 19.1 Å². The molecule has 5 nitrogen and oxygen atoms in total. The van der Waals surface area contributed by atoms with E-state index in [4.69, 9.17) is 20.7 Å². The Hall–Kier alpha value is -1.57. The Balaban J connectivity index is 0. The van der Waals surface area contributed by atoms with E-state index in [0.29, 0.717) is 0 Å². The maximum absolute atomic E-state index is 10.6. The minimum Gasteiger partial charge on any atom is -0.478 e.